The minimum atomic E-state index is -1.04. The fourth-order valence-corrected chi connectivity index (χ4v) is 0.989. The van der Waals surface area contributed by atoms with Crippen molar-refractivity contribution < 1.29 is 9.90 Å². The Labute approximate surface area is 81.9 Å². The zero-order chi connectivity index (χ0) is 9.30. The molecule has 0 saturated carbocycles. The molecule has 0 saturated heterocycles. The van der Waals surface area contributed by atoms with Crippen molar-refractivity contribution in [1.82, 2.24) is 9.78 Å². The molecule has 0 atom stereocenters. The summed E-state index contributed by atoms with van der Waals surface area (Å²) in [6.45, 7) is 3.69. The fourth-order valence-electron chi connectivity index (χ4n) is 0.989. The third kappa shape index (κ3) is 2.12. The molecule has 0 aliphatic rings. The predicted octanol–water partition coefficient (Wildman–Crippen LogP) is 1.17. The minimum Gasteiger partial charge on any atom is -0.476 e. The van der Waals surface area contributed by atoms with E-state index in [4.69, 9.17) is 10.8 Å². The van der Waals surface area contributed by atoms with Crippen LogP contribution in [0.4, 0.5) is 5.69 Å². The Morgan fingerprint density at radius 3 is 2.54 bits per heavy atom. The summed E-state index contributed by atoms with van der Waals surface area (Å²) in [5, 5.41) is 12.6. The SMILES string of the molecule is CC(C)n1ncc(N)c1C(=O)O.Cl. The standard InChI is InChI=1S/C7H11N3O2.ClH/c1-4(2)10-6(7(11)12)5(8)3-9-10;/h3-4H,8H2,1-2H3,(H,11,12);1H. The maximum atomic E-state index is 10.7. The summed E-state index contributed by atoms with van der Waals surface area (Å²) in [7, 11) is 0. The second kappa shape index (κ2) is 4.13. The number of rotatable bonds is 2. The van der Waals surface area contributed by atoms with E-state index in [1.165, 1.54) is 10.9 Å². The lowest BCUT2D eigenvalue weighted by atomic mass is 10.3. The van der Waals surface area contributed by atoms with Crippen LogP contribution in [-0.2, 0) is 0 Å². The van der Waals surface area contributed by atoms with Crippen molar-refractivity contribution in [2.75, 3.05) is 5.73 Å². The summed E-state index contributed by atoms with van der Waals surface area (Å²) in [4.78, 5) is 10.7. The molecule has 1 rings (SSSR count). The van der Waals surface area contributed by atoms with Gasteiger partial charge in [0.15, 0.2) is 5.69 Å². The van der Waals surface area contributed by atoms with Gasteiger partial charge in [0.05, 0.1) is 11.9 Å². The summed E-state index contributed by atoms with van der Waals surface area (Å²) in [5.41, 5.74) is 5.68. The van der Waals surface area contributed by atoms with Crippen LogP contribution >= 0.6 is 12.4 Å². The van der Waals surface area contributed by atoms with E-state index in [0.29, 0.717) is 0 Å². The van der Waals surface area contributed by atoms with Gasteiger partial charge in [-0.3, -0.25) is 4.68 Å². The van der Waals surface area contributed by atoms with E-state index >= 15 is 0 Å². The molecule has 0 unspecified atom stereocenters. The number of aromatic nitrogens is 2. The van der Waals surface area contributed by atoms with Crippen LogP contribution in [0.2, 0.25) is 0 Å². The molecule has 0 aliphatic carbocycles. The number of nitrogens with zero attached hydrogens (tertiary/aromatic N) is 2. The molecule has 13 heavy (non-hydrogen) atoms. The molecule has 0 bridgehead atoms. The Bertz CT molecular complexity index is 309. The highest BCUT2D eigenvalue weighted by Crippen LogP contribution is 2.14. The molecule has 6 heteroatoms. The highest BCUT2D eigenvalue weighted by Gasteiger charge is 2.16. The third-order valence-corrected chi connectivity index (χ3v) is 1.52. The Balaban J connectivity index is 0.00000144. The first-order valence-corrected chi connectivity index (χ1v) is 3.60. The van der Waals surface area contributed by atoms with Crippen molar-refractivity contribution in [3.63, 3.8) is 0 Å². The molecule has 0 aliphatic heterocycles. The van der Waals surface area contributed by atoms with Gasteiger partial charge >= 0.3 is 5.97 Å². The van der Waals surface area contributed by atoms with Gasteiger partial charge < -0.3 is 10.8 Å². The van der Waals surface area contributed by atoms with Crippen LogP contribution in [0.1, 0.15) is 30.4 Å². The number of halogens is 1. The van der Waals surface area contributed by atoms with Gasteiger partial charge in [-0.15, -0.1) is 12.4 Å². The van der Waals surface area contributed by atoms with Gasteiger partial charge in [-0.25, -0.2) is 4.79 Å². The maximum absolute atomic E-state index is 10.7. The highest BCUT2D eigenvalue weighted by molar-refractivity contribution is 5.91. The Hall–Kier alpha value is -1.23. The predicted molar refractivity (Wildman–Crippen MR) is 51.2 cm³/mol. The van der Waals surface area contributed by atoms with Crippen LogP contribution in [-0.4, -0.2) is 20.9 Å². The monoisotopic (exact) mass is 205 g/mol. The van der Waals surface area contributed by atoms with E-state index in [-0.39, 0.29) is 29.8 Å². The molecule has 0 aromatic carbocycles. The molecule has 74 valence electrons. The lowest BCUT2D eigenvalue weighted by Gasteiger charge is -2.07. The molecule has 1 heterocycles. The van der Waals surface area contributed by atoms with Crippen LogP contribution in [0.3, 0.4) is 0 Å². The lowest BCUT2D eigenvalue weighted by Crippen LogP contribution is -2.13. The molecule has 0 amide bonds. The van der Waals surface area contributed by atoms with Gasteiger partial charge in [-0.1, -0.05) is 0 Å². The maximum Gasteiger partial charge on any atom is 0.356 e. The zero-order valence-corrected chi connectivity index (χ0v) is 8.21. The van der Waals surface area contributed by atoms with Gasteiger partial charge in [0.2, 0.25) is 0 Å². The van der Waals surface area contributed by atoms with E-state index in [9.17, 15) is 4.79 Å². The number of carbonyl (C=O) groups is 1. The Morgan fingerprint density at radius 2 is 2.23 bits per heavy atom. The van der Waals surface area contributed by atoms with Gasteiger partial charge in [0.1, 0.15) is 0 Å². The first-order valence-electron chi connectivity index (χ1n) is 3.60. The molecule has 1 aromatic heterocycles. The van der Waals surface area contributed by atoms with Crippen molar-refractivity contribution in [3.05, 3.63) is 11.9 Å². The van der Waals surface area contributed by atoms with Gasteiger partial charge in [0.25, 0.3) is 0 Å². The van der Waals surface area contributed by atoms with Crippen LogP contribution < -0.4 is 5.73 Å². The number of hydrogen-bond donors (Lipinski definition) is 2. The van der Waals surface area contributed by atoms with E-state index in [0.717, 1.165) is 0 Å². The van der Waals surface area contributed by atoms with Crippen LogP contribution in [0.25, 0.3) is 0 Å². The van der Waals surface area contributed by atoms with E-state index in [2.05, 4.69) is 5.10 Å². The summed E-state index contributed by atoms with van der Waals surface area (Å²) >= 11 is 0. The second-order valence-corrected chi connectivity index (χ2v) is 2.79. The molecule has 0 fully saturated rings. The summed E-state index contributed by atoms with van der Waals surface area (Å²) < 4.78 is 1.39. The first-order chi connectivity index (χ1) is 5.54. The second-order valence-electron chi connectivity index (χ2n) is 2.79. The van der Waals surface area contributed by atoms with Crippen molar-refractivity contribution in [1.29, 1.82) is 0 Å². The highest BCUT2D eigenvalue weighted by atomic mass is 35.5. The molecule has 5 nitrogen and oxygen atoms in total. The number of nitrogens with two attached hydrogens (primary N) is 1. The average molecular weight is 206 g/mol. The van der Waals surface area contributed by atoms with E-state index < -0.39 is 5.97 Å². The molecule has 0 spiro atoms. The normalized spacial score (nSPS) is 9.77. The molecule has 1 aromatic rings. The zero-order valence-electron chi connectivity index (χ0n) is 7.39. The number of aromatic carboxylic acids is 1. The molecule has 3 N–H and O–H groups in total. The fraction of sp³-hybridized carbons (Fsp3) is 0.429. The molecular weight excluding hydrogens is 194 g/mol. The smallest absolute Gasteiger partial charge is 0.356 e. The summed E-state index contributed by atoms with van der Waals surface area (Å²) in [6, 6.07) is 0.00778. The number of nitrogen functional groups attached to an aromatic ring is 1. The summed E-state index contributed by atoms with van der Waals surface area (Å²) in [5.74, 6) is -1.04. The molecule has 0 radical (unpaired) electrons. The summed E-state index contributed by atoms with van der Waals surface area (Å²) in [6.07, 6.45) is 1.35. The number of anilines is 1. The minimum absolute atomic E-state index is 0. The van der Waals surface area contributed by atoms with Crippen molar-refractivity contribution in [2.45, 2.75) is 19.9 Å². The van der Waals surface area contributed by atoms with E-state index in [1.54, 1.807) is 0 Å². The van der Waals surface area contributed by atoms with Gasteiger partial charge in [0, 0.05) is 6.04 Å². The van der Waals surface area contributed by atoms with Gasteiger partial charge in [-0.05, 0) is 13.8 Å². The van der Waals surface area contributed by atoms with Crippen LogP contribution in [0.15, 0.2) is 6.20 Å². The van der Waals surface area contributed by atoms with Gasteiger partial charge in [-0.2, -0.15) is 5.10 Å². The van der Waals surface area contributed by atoms with Crippen molar-refractivity contribution >= 4 is 24.1 Å². The Morgan fingerprint density at radius 1 is 1.69 bits per heavy atom. The lowest BCUT2D eigenvalue weighted by molar-refractivity contribution is 0.0682. The number of carboxylic acid groups (broad SMARTS) is 1. The number of hydrogen-bond acceptors (Lipinski definition) is 3. The van der Waals surface area contributed by atoms with E-state index in [1.807, 2.05) is 13.8 Å². The first kappa shape index (κ1) is 11.8. The third-order valence-electron chi connectivity index (χ3n) is 1.52. The quantitative estimate of drug-likeness (QED) is 0.760. The Kier molecular flexibility index (Phi) is 3.74. The van der Waals surface area contributed by atoms with Crippen molar-refractivity contribution in [2.24, 2.45) is 0 Å². The van der Waals surface area contributed by atoms with Crippen molar-refractivity contribution in [3.8, 4) is 0 Å². The topological polar surface area (TPSA) is 81.1 Å². The number of carboxylic acids is 1. The average Bonchev–Trinajstić information content (AvgIpc) is 2.30. The largest absolute Gasteiger partial charge is 0.476 e. The van der Waals surface area contributed by atoms with Crippen LogP contribution in [0.5, 0.6) is 0 Å². The van der Waals surface area contributed by atoms with Crippen LogP contribution in [0, 0.1) is 0 Å². The molecular formula is C7H12ClN3O2.